The molecule has 2 aliphatic heterocycles. The summed E-state index contributed by atoms with van der Waals surface area (Å²) in [6.07, 6.45) is 4.49. The molecule has 2 aromatic heterocycles. The first-order chi connectivity index (χ1) is 23.7. The molecule has 0 unspecified atom stereocenters. The Balaban J connectivity index is 0.000000229. The number of nitrogens with zero attached hydrogens (tertiary/aromatic N) is 2. The van der Waals surface area contributed by atoms with Crippen molar-refractivity contribution < 1.29 is 40.4 Å². The van der Waals surface area contributed by atoms with E-state index in [-0.39, 0.29) is 34.6 Å². The van der Waals surface area contributed by atoms with Gasteiger partial charge in [-0.05, 0) is 76.7 Å². The van der Waals surface area contributed by atoms with Crippen molar-refractivity contribution >= 4 is 54.0 Å². The topological polar surface area (TPSA) is 184 Å². The molecule has 4 heterocycles. The largest absolute Gasteiger partial charge is 0.381 e. The van der Waals surface area contributed by atoms with E-state index >= 15 is 0 Å². The average Bonchev–Trinajstić information content (AvgIpc) is 3.55. The molecule has 5 rings (SSSR count). The molecule has 2 saturated heterocycles. The van der Waals surface area contributed by atoms with Gasteiger partial charge < -0.3 is 19.3 Å². The van der Waals surface area contributed by atoms with E-state index in [2.05, 4.69) is 20.8 Å². The minimum absolute atomic E-state index is 0.00191. The van der Waals surface area contributed by atoms with Gasteiger partial charge in [-0.2, -0.15) is 0 Å². The number of carbonyl (C=O) groups is 2. The van der Waals surface area contributed by atoms with Crippen LogP contribution >= 0.6 is 0 Å². The van der Waals surface area contributed by atoms with Crippen molar-refractivity contribution in [3.8, 4) is 0 Å². The van der Waals surface area contributed by atoms with Crippen LogP contribution in [0.2, 0.25) is 0 Å². The minimum atomic E-state index is -3.63. The first-order valence-electron chi connectivity index (χ1n) is 17.3. The van der Waals surface area contributed by atoms with Gasteiger partial charge >= 0.3 is 0 Å². The Labute approximate surface area is 301 Å². The van der Waals surface area contributed by atoms with E-state index in [0.29, 0.717) is 63.6 Å². The second-order valence-corrected chi connectivity index (χ2v) is 20.5. The molecule has 0 radical (unpaired) electrons. The highest BCUT2D eigenvalue weighted by molar-refractivity contribution is 7.93. The zero-order valence-corrected chi connectivity index (χ0v) is 32.3. The van der Waals surface area contributed by atoms with Crippen LogP contribution in [0.25, 0.3) is 10.8 Å². The second kappa shape index (κ2) is 16.1. The van der Waals surface area contributed by atoms with Gasteiger partial charge in [-0.3, -0.25) is 14.9 Å². The highest BCUT2D eigenvalue weighted by atomic mass is 32.2. The zero-order valence-electron chi connectivity index (χ0n) is 30.7. The van der Waals surface area contributed by atoms with E-state index in [0.717, 1.165) is 10.8 Å². The van der Waals surface area contributed by atoms with E-state index in [1.807, 2.05) is 45.0 Å². The standard InChI is InChI=1S/C19H24N2O4S.C17H28N2O5S/c1-19(2,26(23,24)13-14-7-9-25-10-8-14)18(22)21-17-11-15-5-3-4-6-16(15)12-20-17;1-16(2,3)13-10-14(24-19-13)18-15(20)17(4,5)25(21,22)11-12-6-8-23-9-7-12/h3-6,11-12,14H,7-10,13H2,1-2H3,(H,20,21,22);10,12H,6-9,11H2,1-5H3,(H,18,20). The van der Waals surface area contributed by atoms with Gasteiger partial charge in [0.2, 0.25) is 17.7 Å². The number of anilines is 2. The maximum atomic E-state index is 12.8. The maximum absolute atomic E-state index is 12.8. The first-order valence-corrected chi connectivity index (χ1v) is 20.6. The number of fused-ring (bicyclic) bond motifs is 1. The fourth-order valence-electron chi connectivity index (χ4n) is 5.51. The number of nitrogens with one attached hydrogen (secondary N) is 2. The number of pyridine rings is 1. The minimum Gasteiger partial charge on any atom is -0.381 e. The summed E-state index contributed by atoms with van der Waals surface area (Å²) in [6, 6.07) is 11.0. The number of sulfone groups is 2. The van der Waals surface area contributed by atoms with Gasteiger partial charge in [-0.15, -0.1) is 0 Å². The van der Waals surface area contributed by atoms with Gasteiger partial charge in [-0.25, -0.2) is 21.8 Å². The average molecular weight is 749 g/mol. The normalized spacial score (nSPS) is 17.0. The van der Waals surface area contributed by atoms with Crippen molar-refractivity contribution in [1.82, 2.24) is 10.1 Å². The SMILES string of the molecule is CC(C)(C(=O)Nc1cc2ccccc2cn1)S(=O)(=O)CC1CCOCC1.CC(C)(C)c1cc(NC(=O)C(C)(C)S(=O)(=O)CC2CCOCC2)on1. The summed E-state index contributed by atoms with van der Waals surface area (Å²) in [5, 5.41) is 11.0. The predicted octanol–water partition coefficient (Wildman–Crippen LogP) is 5.32. The third kappa shape index (κ3) is 10.1. The predicted molar refractivity (Wildman–Crippen MR) is 197 cm³/mol. The van der Waals surface area contributed by atoms with Gasteiger partial charge in [0.15, 0.2) is 19.7 Å². The monoisotopic (exact) mass is 748 g/mol. The smallest absolute Gasteiger partial charge is 0.247 e. The molecule has 0 spiro atoms. The van der Waals surface area contributed by atoms with E-state index in [4.69, 9.17) is 14.0 Å². The molecule has 0 atom stereocenters. The van der Waals surface area contributed by atoms with E-state index in [1.54, 1.807) is 18.3 Å². The van der Waals surface area contributed by atoms with Crippen molar-refractivity contribution in [2.24, 2.45) is 11.8 Å². The number of benzene rings is 1. The van der Waals surface area contributed by atoms with Crippen LogP contribution in [0.5, 0.6) is 0 Å². The highest BCUT2D eigenvalue weighted by Gasteiger charge is 2.44. The van der Waals surface area contributed by atoms with Crippen LogP contribution in [-0.2, 0) is 44.2 Å². The lowest BCUT2D eigenvalue weighted by molar-refractivity contribution is -0.118. The zero-order chi connectivity index (χ0) is 37.7. The third-order valence-corrected chi connectivity index (χ3v) is 14.9. The molecular formula is C36H52N4O9S2. The quantitative estimate of drug-likeness (QED) is 0.274. The molecule has 0 bridgehead atoms. The molecule has 282 valence electrons. The third-order valence-electron chi connectivity index (χ3n) is 9.63. The van der Waals surface area contributed by atoms with Gasteiger partial charge in [0.05, 0.1) is 17.2 Å². The molecule has 2 amide bonds. The molecule has 0 saturated carbocycles. The molecule has 1 aromatic carbocycles. The first kappa shape index (κ1) is 40.4. The Bertz CT molecular complexity index is 1890. The Morgan fingerprint density at radius 1 is 0.725 bits per heavy atom. The molecule has 2 aliphatic rings. The van der Waals surface area contributed by atoms with Crippen molar-refractivity contribution in [2.75, 3.05) is 48.6 Å². The number of carbonyl (C=O) groups excluding carboxylic acids is 2. The number of hydrogen-bond acceptors (Lipinski definition) is 11. The second-order valence-electron chi connectivity index (χ2n) is 15.3. The van der Waals surface area contributed by atoms with Gasteiger partial charge in [0.25, 0.3) is 0 Å². The molecule has 13 nitrogen and oxygen atoms in total. The number of ether oxygens (including phenoxy) is 2. The summed E-state index contributed by atoms with van der Waals surface area (Å²) in [5.74, 6) is -0.610. The Hall–Kier alpha value is -3.40. The van der Waals surface area contributed by atoms with Gasteiger partial charge in [-0.1, -0.05) is 50.2 Å². The molecule has 51 heavy (non-hydrogen) atoms. The summed E-state index contributed by atoms with van der Waals surface area (Å²) in [7, 11) is -7.25. The van der Waals surface area contributed by atoms with Crippen LogP contribution in [0.4, 0.5) is 11.7 Å². The highest BCUT2D eigenvalue weighted by Crippen LogP contribution is 2.29. The Morgan fingerprint density at radius 3 is 1.67 bits per heavy atom. The van der Waals surface area contributed by atoms with E-state index in [9.17, 15) is 26.4 Å². The summed E-state index contributed by atoms with van der Waals surface area (Å²) in [6.45, 7) is 14.0. The van der Waals surface area contributed by atoms with Crippen LogP contribution in [0, 0.1) is 11.8 Å². The molecule has 2 N–H and O–H groups in total. The fraction of sp³-hybridized carbons (Fsp3) is 0.611. The lowest BCUT2D eigenvalue weighted by atomic mass is 9.92. The molecular weight excluding hydrogens is 697 g/mol. The lowest BCUT2D eigenvalue weighted by Crippen LogP contribution is -2.47. The van der Waals surface area contributed by atoms with Gasteiger partial charge in [0, 0.05) is 49.5 Å². The number of aromatic nitrogens is 2. The summed E-state index contributed by atoms with van der Waals surface area (Å²) >= 11 is 0. The summed E-state index contributed by atoms with van der Waals surface area (Å²) < 4.78 is 63.8. The van der Waals surface area contributed by atoms with Crippen LogP contribution in [0.1, 0.15) is 79.8 Å². The Morgan fingerprint density at radius 2 is 1.20 bits per heavy atom. The van der Waals surface area contributed by atoms with Crippen molar-refractivity contribution in [1.29, 1.82) is 0 Å². The number of rotatable bonds is 10. The lowest BCUT2D eigenvalue weighted by Gasteiger charge is -2.28. The Kier molecular flexibility index (Phi) is 12.7. The molecule has 0 aliphatic carbocycles. The number of hydrogen-bond donors (Lipinski definition) is 2. The van der Waals surface area contributed by atoms with Crippen LogP contribution in [0.15, 0.2) is 47.1 Å². The molecule has 2 fully saturated rings. The number of amides is 2. The molecule has 3 aromatic rings. The van der Waals surface area contributed by atoms with Crippen molar-refractivity contribution in [2.45, 2.75) is 89.1 Å². The molecule has 15 heteroatoms. The van der Waals surface area contributed by atoms with Crippen LogP contribution < -0.4 is 10.6 Å². The van der Waals surface area contributed by atoms with E-state index in [1.165, 1.54) is 27.7 Å². The summed E-state index contributed by atoms with van der Waals surface area (Å²) in [5.41, 5.74) is 0.461. The van der Waals surface area contributed by atoms with Crippen molar-refractivity contribution in [3.05, 3.63) is 48.3 Å². The van der Waals surface area contributed by atoms with Crippen LogP contribution in [-0.4, -0.2) is 86.2 Å². The van der Waals surface area contributed by atoms with Crippen LogP contribution in [0.3, 0.4) is 0 Å². The van der Waals surface area contributed by atoms with Crippen molar-refractivity contribution in [3.63, 3.8) is 0 Å². The maximum Gasteiger partial charge on any atom is 0.247 e. The van der Waals surface area contributed by atoms with E-state index < -0.39 is 41.0 Å². The summed E-state index contributed by atoms with van der Waals surface area (Å²) in [4.78, 5) is 29.5. The van der Waals surface area contributed by atoms with Gasteiger partial charge in [0.1, 0.15) is 15.3 Å². The fourth-order valence-corrected chi connectivity index (χ4v) is 8.92.